The lowest BCUT2D eigenvalue weighted by atomic mass is 10.2. The minimum absolute atomic E-state index is 0.723. The molecule has 0 atom stereocenters. The number of nitrogens with zero attached hydrogens (tertiary/aromatic N) is 3. The van der Waals surface area contributed by atoms with Crippen LogP contribution < -0.4 is 0 Å². The van der Waals surface area contributed by atoms with Gasteiger partial charge >= 0.3 is 0 Å². The molecule has 0 aliphatic rings. The van der Waals surface area contributed by atoms with Crippen molar-refractivity contribution >= 4 is 11.6 Å². The SMILES string of the molecule is CCc1nnc(-c2ccccc2)n1-c1ccc(Cl)cc1. The summed E-state index contributed by atoms with van der Waals surface area (Å²) < 4.78 is 2.08. The summed E-state index contributed by atoms with van der Waals surface area (Å²) in [5.74, 6) is 1.79. The first-order valence-corrected chi connectivity index (χ1v) is 6.93. The van der Waals surface area contributed by atoms with Gasteiger partial charge in [-0.1, -0.05) is 48.9 Å². The molecule has 0 bridgehead atoms. The van der Waals surface area contributed by atoms with Gasteiger partial charge in [0.25, 0.3) is 0 Å². The van der Waals surface area contributed by atoms with Crippen LogP contribution in [0.4, 0.5) is 0 Å². The van der Waals surface area contributed by atoms with Gasteiger partial charge in [0.05, 0.1) is 0 Å². The van der Waals surface area contributed by atoms with Crippen LogP contribution in [0, 0.1) is 0 Å². The van der Waals surface area contributed by atoms with E-state index in [0.717, 1.165) is 34.3 Å². The van der Waals surface area contributed by atoms with Crippen molar-refractivity contribution in [2.75, 3.05) is 0 Å². The zero-order chi connectivity index (χ0) is 13.9. The van der Waals surface area contributed by atoms with Gasteiger partial charge in [0.2, 0.25) is 0 Å². The molecule has 0 saturated carbocycles. The summed E-state index contributed by atoms with van der Waals surface area (Å²) in [5.41, 5.74) is 2.07. The normalized spacial score (nSPS) is 10.7. The molecule has 2 aromatic carbocycles. The third kappa shape index (κ3) is 2.32. The Bertz CT molecular complexity index is 702. The van der Waals surface area contributed by atoms with Crippen molar-refractivity contribution in [3.8, 4) is 17.1 Å². The first kappa shape index (κ1) is 12.9. The Labute approximate surface area is 122 Å². The molecule has 0 aliphatic carbocycles. The Morgan fingerprint density at radius 3 is 2.30 bits per heavy atom. The zero-order valence-corrected chi connectivity index (χ0v) is 11.9. The predicted octanol–water partition coefficient (Wildman–Crippen LogP) is 4.15. The molecule has 0 spiro atoms. The smallest absolute Gasteiger partial charge is 0.168 e. The average molecular weight is 284 g/mol. The third-order valence-electron chi connectivity index (χ3n) is 3.16. The Morgan fingerprint density at radius 2 is 1.65 bits per heavy atom. The molecule has 0 radical (unpaired) electrons. The van der Waals surface area contributed by atoms with E-state index in [1.54, 1.807) is 0 Å². The van der Waals surface area contributed by atoms with E-state index in [2.05, 4.69) is 21.7 Å². The van der Waals surface area contributed by atoms with Gasteiger partial charge in [-0.15, -0.1) is 10.2 Å². The van der Waals surface area contributed by atoms with E-state index in [1.807, 2.05) is 54.6 Å². The zero-order valence-electron chi connectivity index (χ0n) is 11.1. The van der Waals surface area contributed by atoms with Crippen LogP contribution in [0.15, 0.2) is 54.6 Å². The molecule has 100 valence electrons. The van der Waals surface area contributed by atoms with Crippen LogP contribution in [0.3, 0.4) is 0 Å². The number of hydrogen-bond donors (Lipinski definition) is 0. The fourth-order valence-electron chi connectivity index (χ4n) is 2.18. The Balaban J connectivity index is 2.18. The molecule has 4 heteroatoms. The minimum Gasteiger partial charge on any atom is -0.279 e. The Kier molecular flexibility index (Phi) is 3.52. The topological polar surface area (TPSA) is 30.7 Å². The van der Waals surface area contributed by atoms with Crippen LogP contribution in [0.5, 0.6) is 0 Å². The summed E-state index contributed by atoms with van der Waals surface area (Å²) in [7, 11) is 0. The van der Waals surface area contributed by atoms with Crippen molar-refractivity contribution < 1.29 is 0 Å². The van der Waals surface area contributed by atoms with E-state index in [1.165, 1.54) is 0 Å². The number of aromatic nitrogens is 3. The minimum atomic E-state index is 0.723. The molecule has 1 aromatic heterocycles. The molecular formula is C16H14ClN3. The maximum Gasteiger partial charge on any atom is 0.168 e. The van der Waals surface area contributed by atoms with Gasteiger partial charge in [-0.3, -0.25) is 4.57 Å². The van der Waals surface area contributed by atoms with E-state index in [4.69, 9.17) is 11.6 Å². The largest absolute Gasteiger partial charge is 0.279 e. The van der Waals surface area contributed by atoms with E-state index in [-0.39, 0.29) is 0 Å². The summed E-state index contributed by atoms with van der Waals surface area (Å²) in [5, 5.41) is 9.35. The highest BCUT2D eigenvalue weighted by Gasteiger charge is 2.13. The van der Waals surface area contributed by atoms with Crippen molar-refractivity contribution in [1.29, 1.82) is 0 Å². The maximum absolute atomic E-state index is 5.96. The highest BCUT2D eigenvalue weighted by molar-refractivity contribution is 6.30. The number of halogens is 1. The van der Waals surface area contributed by atoms with Crippen LogP contribution in [0.2, 0.25) is 5.02 Å². The quantitative estimate of drug-likeness (QED) is 0.723. The van der Waals surface area contributed by atoms with E-state index in [9.17, 15) is 0 Å². The van der Waals surface area contributed by atoms with Crippen molar-refractivity contribution in [1.82, 2.24) is 14.8 Å². The highest BCUT2D eigenvalue weighted by atomic mass is 35.5. The number of hydrogen-bond acceptors (Lipinski definition) is 2. The lowest BCUT2D eigenvalue weighted by Crippen LogP contribution is -2.02. The molecule has 3 rings (SSSR count). The number of benzene rings is 2. The standard InChI is InChI=1S/C16H14ClN3/c1-2-15-18-19-16(12-6-4-3-5-7-12)20(15)14-10-8-13(17)9-11-14/h3-11H,2H2,1H3. The molecule has 0 amide bonds. The van der Waals surface area contributed by atoms with Gasteiger partial charge in [-0.2, -0.15) is 0 Å². The Morgan fingerprint density at radius 1 is 0.950 bits per heavy atom. The first-order chi connectivity index (χ1) is 9.79. The molecule has 1 heterocycles. The summed E-state index contributed by atoms with van der Waals surface area (Å²) in [6.45, 7) is 2.07. The van der Waals surface area contributed by atoms with Crippen molar-refractivity contribution in [2.24, 2.45) is 0 Å². The second-order valence-corrected chi connectivity index (χ2v) is 4.91. The molecule has 0 unspecified atom stereocenters. The summed E-state index contributed by atoms with van der Waals surface area (Å²) in [4.78, 5) is 0. The van der Waals surface area contributed by atoms with Crippen LogP contribution in [0.25, 0.3) is 17.1 Å². The summed E-state index contributed by atoms with van der Waals surface area (Å²) in [6.07, 6.45) is 0.822. The molecule has 0 aliphatic heterocycles. The lowest BCUT2D eigenvalue weighted by Gasteiger charge is -2.09. The number of rotatable bonds is 3. The van der Waals surface area contributed by atoms with Crippen LogP contribution in [-0.4, -0.2) is 14.8 Å². The molecule has 0 N–H and O–H groups in total. The van der Waals surface area contributed by atoms with Gasteiger partial charge in [0.1, 0.15) is 5.82 Å². The number of aryl methyl sites for hydroxylation is 1. The lowest BCUT2D eigenvalue weighted by molar-refractivity contribution is 0.885. The molecule has 0 fully saturated rings. The second-order valence-electron chi connectivity index (χ2n) is 4.47. The van der Waals surface area contributed by atoms with Gasteiger partial charge in [0, 0.05) is 22.7 Å². The third-order valence-corrected chi connectivity index (χ3v) is 3.42. The van der Waals surface area contributed by atoms with Crippen molar-refractivity contribution in [2.45, 2.75) is 13.3 Å². The molecular weight excluding hydrogens is 270 g/mol. The van der Waals surface area contributed by atoms with Crippen LogP contribution in [-0.2, 0) is 6.42 Å². The fourth-order valence-corrected chi connectivity index (χ4v) is 2.31. The molecule has 3 aromatic rings. The average Bonchev–Trinajstić information content (AvgIpc) is 2.93. The predicted molar refractivity (Wildman–Crippen MR) is 81.2 cm³/mol. The summed E-state index contributed by atoms with van der Waals surface area (Å²) in [6, 6.07) is 17.8. The van der Waals surface area contributed by atoms with Crippen LogP contribution in [0.1, 0.15) is 12.7 Å². The van der Waals surface area contributed by atoms with Gasteiger partial charge in [-0.05, 0) is 24.3 Å². The molecule has 0 saturated heterocycles. The first-order valence-electron chi connectivity index (χ1n) is 6.55. The van der Waals surface area contributed by atoms with Crippen LogP contribution >= 0.6 is 11.6 Å². The summed E-state index contributed by atoms with van der Waals surface area (Å²) >= 11 is 5.96. The van der Waals surface area contributed by atoms with Gasteiger partial charge < -0.3 is 0 Å². The van der Waals surface area contributed by atoms with E-state index >= 15 is 0 Å². The van der Waals surface area contributed by atoms with E-state index < -0.39 is 0 Å². The highest BCUT2D eigenvalue weighted by Crippen LogP contribution is 2.23. The maximum atomic E-state index is 5.96. The molecule has 3 nitrogen and oxygen atoms in total. The van der Waals surface area contributed by atoms with Crippen molar-refractivity contribution in [3.63, 3.8) is 0 Å². The molecule has 20 heavy (non-hydrogen) atoms. The van der Waals surface area contributed by atoms with Gasteiger partial charge in [0.15, 0.2) is 5.82 Å². The van der Waals surface area contributed by atoms with E-state index in [0.29, 0.717) is 0 Å². The second kappa shape index (κ2) is 5.47. The van der Waals surface area contributed by atoms with Gasteiger partial charge in [-0.25, -0.2) is 0 Å². The van der Waals surface area contributed by atoms with Crippen molar-refractivity contribution in [3.05, 3.63) is 65.4 Å². The fraction of sp³-hybridized carbons (Fsp3) is 0.125. The Hall–Kier alpha value is -2.13. The monoisotopic (exact) mass is 283 g/mol.